The molecular formula is C23H33N5O2. The van der Waals surface area contributed by atoms with E-state index in [4.69, 9.17) is 4.74 Å². The van der Waals surface area contributed by atoms with Crippen LogP contribution in [0.1, 0.15) is 31.9 Å². The number of morpholine rings is 1. The largest absolute Gasteiger partial charge is 0.379 e. The predicted octanol–water partition coefficient (Wildman–Crippen LogP) is 1.78. The van der Waals surface area contributed by atoms with E-state index in [-0.39, 0.29) is 11.1 Å². The van der Waals surface area contributed by atoms with Crippen LogP contribution in [0.2, 0.25) is 0 Å². The van der Waals surface area contributed by atoms with Crippen LogP contribution in [0, 0.1) is 5.92 Å². The van der Waals surface area contributed by atoms with Gasteiger partial charge in [-0.2, -0.15) is 0 Å². The molecule has 2 bridgehead atoms. The second kappa shape index (κ2) is 7.62. The zero-order chi connectivity index (χ0) is 20.9. The normalized spacial score (nSPS) is 25.3. The summed E-state index contributed by atoms with van der Waals surface area (Å²) in [7, 11) is 1.94. The average Bonchev–Trinajstić information content (AvgIpc) is 3.15. The minimum Gasteiger partial charge on any atom is -0.379 e. The summed E-state index contributed by atoms with van der Waals surface area (Å²) >= 11 is 0. The first-order valence-electron chi connectivity index (χ1n) is 11.2. The van der Waals surface area contributed by atoms with Crippen molar-refractivity contribution < 1.29 is 4.74 Å². The molecule has 2 fully saturated rings. The molecule has 0 amide bonds. The Kier molecular flexibility index (Phi) is 5.08. The summed E-state index contributed by atoms with van der Waals surface area (Å²) in [5.41, 5.74) is 2.15. The lowest BCUT2D eigenvalue weighted by atomic mass is 9.82. The number of likely N-dealkylation sites (tertiary alicyclic amines) is 1. The van der Waals surface area contributed by atoms with Crippen molar-refractivity contribution in [1.82, 2.24) is 23.9 Å². The van der Waals surface area contributed by atoms with Crippen LogP contribution in [0.5, 0.6) is 0 Å². The molecule has 0 spiro atoms. The highest BCUT2D eigenvalue weighted by Crippen LogP contribution is 2.36. The Morgan fingerprint density at radius 3 is 2.70 bits per heavy atom. The van der Waals surface area contributed by atoms with Gasteiger partial charge in [-0.05, 0) is 38.3 Å². The number of nitrogens with zero attached hydrogens (tertiary/aromatic N) is 5. The van der Waals surface area contributed by atoms with Crippen molar-refractivity contribution in [1.29, 1.82) is 0 Å². The van der Waals surface area contributed by atoms with Gasteiger partial charge in [0.05, 0.1) is 18.8 Å². The number of ether oxygens (including phenoxy) is 1. The van der Waals surface area contributed by atoms with Crippen LogP contribution in [0.15, 0.2) is 29.3 Å². The average molecular weight is 412 g/mol. The van der Waals surface area contributed by atoms with E-state index >= 15 is 0 Å². The number of aryl methyl sites for hydroxylation is 1. The number of imidazole rings is 1. The maximum absolute atomic E-state index is 13.3. The summed E-state index contributed by atoms with van der Waals surface area (Å²) in [4.78, 5) is 22.9. The standard InChI is InChI=1S/C23H33N5O2/c1-23(2,27-8-10-30-11-9-27)16-26-13-17-12-18(15-26)20-5-4-19(22(29)28(20)14-17)21-24-6-7-25(21)3/h4-7,17-18H,8-16H2,1-3H3/t17-,18+/m0/s1. The molecule has 2 aromatic rings. The molecule has 0 aromatic carbocycles. The first-order valence-corrected chi connectivity index (χ1v) is 11.2. The minimum atomic E-state index is 0.110. The molecule has 7 heteroatoms. The van der Waals surface area contributed by atoms with Gasteiger partial charge in [0.1, 0.15) is 5.82 Å². The molecule has 2 saturated heterocycles. The van der Waals surface area contributed by atoms with E-state index < -0.39 is 0 Å². The lowest BCUT2D eigenvalue weighted by molar-refractivity contribution is -0.0286. The van der Waals surface area contributed by atoms with Crippen molar-refractivity contribution in [3.8, 4) is 11.4 Å². The molecule has 5 rings (SSSR count). The smallest absolute Gasteiger partial charge is 0.261 e. The third-order valence-electron chi connectivity index (χ3n) is 7.22. The van der Waals surface area contributed by atoms with Gasteiger partial charge >= 0.3 is 0 Å². The van der Waals surface area contributed by atoms with E-state index in [9.17, 15) is 4.79 Å². The molecule has 0 aliphatic carbocycles. The van der Waals surface area contributed by atoms with Gasteiger partial charge in [-0.25, -0.2) is 4.98 Å². The van der Waals surface area contributed by atoms with Crippen molar-refractivity contribution >= 4 is 0 Å². The second-order valence-electron chi connectivity index (χ2n) is 9.85. The molecule has 0 N–H and O–H groups in total. The van der Waals surface area contributed by atoms with Crippen LogP contribution in [-0.2, 0) is 18.3 Å². The summed E-state index contributed by atoms with van der Waals surface area (Å²) in [6.07, 6.45) is 4.83. The fraction of sp³-hybridized carbons (Fsp3) is 0.652. The molecule has 7 nitrogen and oxygen atoms in total. The van der Waals surface area contributed by atoms with Crippen molar-refractivity contribution in [2.45, 2.75) is 38.3 Å². The Balaban J connectivity index is 1.37. The van der Waals surface area contributed by atoms with E-state index in [1.807, 2.05) is 28.4 Å². The van der Waals surface area contributed by atoms with Crippen LogP contribution in [0.3, 0.4) is 0 Å². The lowest BCUT2D eigenvalue weighted by Crippen LogP contribution is -2.58. The van der Waals surface area contributed by atoms with E-state index in [0.717, 1.165) is 58.3 Å². The number of pyridine rings is 1. The lowest BCUT2D eigenvalue weighted by Gasteiger charge is -2.48. The van der Waals surface area contributed by atoms with Gasteiger partial charge in [0.2, 0.25) is 0 Å². The third kappa shape index (κ3) is 3.53. The Morgan fingerprint density at radius 2 is 1.97 bits per heavy atom. The Bertz CT molecular complexity index is 972. The van der Waals surface area contributed by atoms with Crippen molar-refractivity contribution in [2.24, 2.45) is 13.0 Å². The van der Waals surface area contributed by atoms with E-state index in [1.165, 1.54) is 12.1 Å². The zero-order valence-corrected chi connectivity index (χ0v) is 18.4. The second-order valence-corrected chi connectivity index (χ2v) is 9.85. The highest BCUT2D eigenvalue weighted by Gasteiger charge is 2.38. The Morgan fingerprint density at radius 1 is 1.17 bits per heavy atom. The minimum absolute atomic E-state index is 0.110. The molecule has 5 heterocycles. The molecule has 2 aromatic heterocycles. The quantitative estimate of drug-likeness (QED) is 0.768. The number of rotatable bonds is 4. The van der Waals surface area contributed by atoms with Gasteiger partial charge < -0.3 is 18.8 Å². The van der Waals surface area contributed by atoms with Crippen LogP contribution in [0.25, 0.3) is 11.4 Å². The molecule has 30 heavy (non-hydrogen) atoms. The molecule has 0 radical (unpaired) electrons. The highest BCUT2D eigenvalue weighted by atomic mass is 16.5. The molecule has 3 aliphatic heterocycles. The van der Waals surface area contributed by atoms with E-state index in [0.29, 0.717) is 17.4 Å². The summed E-state index contributed by atoms with van der Waals surface area (Å²) in [6, 6.07) is 4.15. The fourth-order valence-electron chi connectivity index (χ4n) is 5.79. The van der Waals surface area contributed by atoms with Gasteiger partial charge in [-0.1, -0.05) is 0 Å². The van der Waals surface area contributed by atoms with E-state index in [1.54, 1.807) is 6.20 Å². The van der Waals surface area contributed by atoms with Crippen molar-refractivity contribution in [3.63, 3.8) is 0 Å². The van der Waals surface area contributed by atoms with Gasteiger partial charge in [0.15, 0.2) is 0 Å². The molecule has 0 saturated carbocycles. The summed E-state index contributed by atoms with van der Waals surface area (Å²) in [6.45, 7) is 12.4. The number of aromatic nitrogens is 3. The van der Waals surface area contributed by atoms with Crippen LogP contribution in [-0.4, -0.2) is 75.4 Å². The first kappa shape index (κ1) is 20.0. The Hall–Kier alpha value is -1.96. The zero-order valence-electron chi connectivity index (χ0n) is 18.4. The molecule has 162 valence electrons. The summed E-state index contributed by atoms with van der Waals surface area (Å²) < 4.78 is 9.50. The molecule has 3 aliphatic rings. The molecule has 2 atom stereocenters. The number of fused-ring (bicyclic) bond motifs is 4. The third-order valence-corrected chi connectivity index (χ3v) is 7.22. The first-order chi connectivity index (χ1) is 14.4. The van der Waals surface area contributed by atoms with E-state index in [2.05, 4.69) is 34.7 Å². The fourth-order valence-corrected chi connectivity index (χ4v) is 5.79. The monoisotopic (exact) mass is 411 g/mol. The highest BCUT2D eigenvalue weighted by molar-refractivity contribution is 5.54. The number of hydrogen-bond donors (Lipinski definition) is 0. The molecular weight excluding hydrogens is 378 g/mol. The number of hydrogen-bond acceptors (Lipinski definition) is 5. The summed E-state index contributed by atoms with van der Waals surface area (Å²) in [5, 5.41) is 0. The van der Waals surface area contributed by atoms with Gasteiger partial charge in [0.25, 0.3) is 5.56 Å². The molecule has 0 unspecified atom stereocenters. The van der Waals surface area contributed by atoms with Crippen molar-refractivity contribution in [2.75, 3.05) is 45.9 Å². The predicted molar refractivity (Wildman–Crippen MR) is 117 cm³/mol. The number of piperidine rings is 1. The van der Waals surface area contributed by atoms with Crippen LogP contribution < -0.4 is 5.56 Å². The van der Waals surface area contributed by atoms with Gasteiger partial charge in [-0.15, -0.1) is 0 Å². The SMILES string of the molecule is Cn1ccnc1-c1ccc2n(c1=O)C[C@H]1C[C@@H]2CN(CC(C)(C)N2CCOCC2)C1. The summed E-state index contributed by atoms with van der Waals surface area (Å²) in [5.74, 6) is 1.71. The van der Waals surface area contributed by atoms with Crippen LogP contribution >= 0.6 is 0 Å². The maximum Gasteiger partial charge on any atom is 0.261 e. The topological polar surface area (TPSA) is 55.5 Å². The Labute approximate surface area is 178 Å². The van der Waals surface area contributed by atoms with Gasteiger partial charge in [0, 0.05) is 75.9 Å². The van der Waals surface area contributed by atoms with Crippen molar-refractivity contribution in [3.05, 3.63) is 40.6 Å². The van der Waals surface area contributed by atoms with Crippen LogP contribution in [0.4, 0.5) is 0 Å². The van der Waals surface area contributed by atoms with Gasteiger partial charge in [-0.3, -0.25) is 9.69 Å². The maximum atomic E-state index is 13.3.